The van der Waals surface area contributed by atoms with Gasteiger partial charge >= 0.3 is 6.18 Å². The van der Waals surface area contributed by atoms with Crippen LogP contribution in [0.4, 0.5) is 17.6 Å². The molecule has 1 aromatic carbocycles. The van der Waals surface area contributed by atoms with Gasteiger partial charge in [-0.2, -0.15) is 13.2 Å². The van der Waals surface area contributed by atoms with Crippen LogP contribution < -0.4 is 10.6 Å². The Morgan fingerprint density at radius 3 is 2.62 bits per heavy atom. The lowest BCUT2D eigenvalue weighted by molar-refractivity contribution is -0.138. The molecule has 0 spiro atoms. The lowest BCUT2D eigenvalue weighted by Crippen LogP contribution is -2.38. The number of nitrogens with zero attached hydrogens (tertiary/aromatic N) is 1. The molecule has 3 nitrogen and oxygen atoms in total. The number of aliphatic imine (C=N–C) groups is 1. The monoisotopic (exact) mass is 303 g/mol. The van der Waals surface area contributed by atoms with Gasteiger partial charge in [0.25, 0.3) is 0 Å². The predicted octanol–water partition coefficient (Wildman–Crippen LogP) is 3.06. The fraction of sp³-hybridized carbons (Fsp3) is 0.500. The summed E-state index contributed by atoms with van der Waals surface area (Å²) in [5, 5.41) is 6.09. The molecular formula is C14H17F4N3. The van der Waals surface area contributed by atoms with Crippen LogP contribution in [0.5, 0.6) is 0 Å². The summed E-state index contributed by atoms with van der Waals surface area (Å²) < 4.78 is 51.6. The summed E-state index contributed by atoms with van der Waals surface area (Å²) in [5.41, 5.74) is -1.02. The van der Waals surface area contributed by atoms with Gasteiger partial charge in [0.15, 0.2) is 5.96 Å². The summed E-state index contributed by atoms with van der Waals surface area (Å²) in [7, 11) is 0. The second-order valence-corrected chi connectivity index (χ2v) is 4.91. The highest BCUT2D eigenvalue weighted by Gasteiger charge is 2.33. The molecule has 0 heterocycles. The first kappa shape index (κ1) is 15.6. The van der Waals surface area contributed by atoms with E-state index in [-0.39, 0.29) is 12.1 Å². The van der Waals surface area contributed by atoms with Gasteiger partial charge in [0.1, 0.15) is 5.82 Å². The van der Waals surface area contributed by atoms with Crippen LogP contribution in [0.25, 0.3) is 0 Å². The van der Waals surface area contributed by atoms with Crippen molar-refractivity contribution in [1.29, 1.82) is 0 Å². The normalized spacial score (nSPS) is 16.0. The van der Waals surface area contributed by atoms with Gasteiger partial charge in [0.05, 0.1) is 12.1 Å². The molecule has 7 heteroatoms. The van der Waals surface area contributed by atoms with Gasteiger partial charge in [0, 0.05) is 12.6 Å². The smallest absolute Gasteiger partial charge is 0.357 e. The van der Waals surface area contributed by atoms with Gasteiger partial charge in [-0.05, 0) is 37.5 Å². The summed E-state index contributed by atoms with van der Waals surface area (Å²) in [4.78, 5) is 4.14. The fourth-order valence-electron chi connectivity index (χ4n) is 1.86. The molecule has 1 aliphatic carbocycles. The number of hydrogen-bond donors (Lipinski definition) is 2. The zero-order valence-corrected chi connectivity index (χ0v) is 11.6. The maximum Gasteiger partial charge on any atom is 0.416 e. The van der Waals surface area contributed by atoms with Crippen molar-refractivity contribution >= 4 is 5.96 Å². The van der Waals surface area contributed by atoms with Crippen LogP contribution in [0.1, 0.15) is 30.9 Å². The topological polar surface area (TPSA) is 36.4 Å². The Bertz CT molecular complexity index is 521. The van der Waals surface area contributed by atoms with E-state index in [0.717, 1.165) is 25.0 Å². The van der Waals surface area contributed by atoms with Gasteiger partial charge in [0.2, 0.25) is 0 Å². The first-order chi connectivity index (χ1) is 9.90. The predicted molar refractivity (Wildman–Crippen MR) is 72.4 cm³/mol. The molecule has 1 fully saturated rings. The summed E-state index contributed by atoms with van der Waals surface area (Å²) in [6.07, 6.45) is -2.52. The van der Waals surface area contributed by atoms with Crippen LogP contribution in [-0.4, -0.2) is 18.5 Å². The fourth-order valence-corrected chi connectivity index (χ4v) is 1.86. The Morgan fingerprint density at radius 1 is 1.33 bits per heavy atom. The molecule has 1 saturated carbocycles. The minimum atomic E-state index is -4.59. The average Bonchev–Trinajstić information content (AvgIpc) is 3.20. The van der Waals surface area contributed by atoms with Crippen LogP contribution >= 0.6 is 0 Å². The first-order valence-electron chi connectivity index (χ1n) is 6.80. The molecule has 0 saturated heterocycles. The molecular weight excluding hydrogens is 286 g/mol. The van der Waals surface area contributed by atoms with Crippen molar-refractivity contribution in [1.82, 2.24) is 10.6 Å². The van der Waals surface area contributed by atoms with Crippen molar-refractivity contribution in [2.24, 2.45) is 4.99 Å². The molecule has 0 amide bonds. The third-order valence-electron chi connectivity index (χ3n) is 3.05. The molecule has 0 aliphatic heterocycles. The summed E-state index contributed by atoms with van der Waals surface area (Å²) in [5.74, 6) is -0.421. The van der Waals surface area contributed by atoms with Crippen molar-refractivity contribution in [3.63, 3.8) is 0 Å². The van der Waals surface area contributed by atoms with Crippen LogP contribution in [0.3, 0.4) is 0 Å². The molecule has 0 radical (unpaired) electrons. The highest BCUT2D eigenvalue weighted by atomic mass is 19.4. The van der Waals surface area contributed by atoms with Crippen LogP contribution in [0, 0.1) is 5.82 Å². The highest BCUT2D eigenvalue weighted by molar-refractivity contribution is 5.80. The molecule has 21 heavy (non-hydrogen) atoms. The van der Waals surface area contributed by atoms with E-state index in [0.29, 0.717) is 24.6 Å². The summed E-state index contributed by atoms with van der Waals surface area (Å²) >= 11 is 0. The molecule has 116 valence electrons. The van der Waals surface area contributed by atoms with Crippen LogP contribution in [0.2, 0.25) is 0 Å². The van der Waals surface area contributed by atoms with E-state index in [1.54, 1.807) is 0 Å². The Balaban J connectivity index is 2.17. The average molecular weight is 303 g/mol. The van der Waals surface area contributed by atoms with E-state index in [1.165, 1.54) is 0 Å². The Morgan fingerprint density at radius 2 is 2.05 bits per heavy atom. The molecule has 0 unspecified atom stereocenters. The van der Waals surface area contributed by atoms with Gasteiger partial charge in [-0.1, -0.05) is 6.07 Å². The number of hydrogen-bond acceptors (Lipinski definition) is 1. The van der Waals surface area contributed by atoms with E-state index in [2.05, 4.69) is 15.6 Å². The standard InChI is InChI=1S/C14H17F4N3/c1-2-19-13(21-11-5-6-11)20-8-9-3-4-10(15)7-12(9)14(16,17)18/h3-4,7,11H,2,5-6,8H2,1H3,(H2,19,20,21). The van der Waals surface area contributed by atoms with Gasteiger partial charge in [-0.3, -0.25) is 0 Å². The van der Waals surface area contributed by atoms with E-state index in [4.69, 9.17) is 0 Å². The van der Waals surface area contributed by atoms with E-state index in [1.807, 2.05) is 6.92 Å². The SMILES string of the molecule is CCNC(=NCc1ccc(F)cc1C(F)(F)F)NC1CC1. The molecule has 0 bridgehead atoms. The lowest BCUT2D eigenvalue weighted by Gasteiger charge is -2.13. The Kier molecular flexibility index (Phi) is 4.69. The van der Waals surface area contributed by atoms with Gasteiger partial charge in [-0.15, -0.1) is 0 Å². The zero-order chi connectivity index (χ0) is 15.5. The van der Waals surface area contributed by atoms with Crippen molar-refractivity contribution in [2.45, 2.75) is 38.5 Å². The molecule has 0 aromatic heterocycles. The van der Waals surface area contributed by atoms with Crippen molar-refractivity contribution in [2.75, 3.05) is 6.54 Å². The summed E-state index contributed by atoms with van der Waals surface area (Å²) in [6.45, 7) is 2.34. The molecule has 1 aromatic rings. The highest BCUT2D eigenvalue weighted by Crippen LogP contribution is 2.32. The van der Waals surface area contributed by atoms with Crippen LogP contribution in [0.15, 0.2) is 23.2 Å². The second kappa shape index (κ2) is 6.32. The van der Waals surface area contributed by atoms with E-state index >= 15 is 0 Å². The maximum atomic E-state index is 13.0. The Hall–Kier alpha value is -1.79. The van der Waals surface area contributed by atoms with Gasteiger partial charge in [-0.25, -0.2) is 9.38 Å². The van der Waals surface area contributed by atoms with Crippen LogP contribution in [-0.2, 0) is 12.7 Å². The molecule has 2 N–H and O–H groups in total. The second-order valence-electron chi connectivity index (χ2n) is 4.91. The number of alkyl halides is 3. The first-order valence-corrected chi connectivity index (χ1v) is 6.80. The summed E-state index contributed by atoms with van der Waals surface area (Å²) in [6, 6.07) is 2.99. The van der Waals surface area contributed by atoms with Crippen molar-refractivity contribution in [3.8, 4) is 0 Å². The zero-order valence-electron chi connectivity index (χ0n) is 11.6. The number of benzene rings is 1. The quantitative estimate of drug-likeness (QED) is 0.509. The van der Waals surface area contributed by atoms with Crippen molar-refractivity contribution < 1.29 is 17.6 Å². The van der Waals surface area contributed by atoms with Gasteiger partial charge < -0.3 is 10.6 Å². The maximum absolute atomic E-state index is 13.0. The van der Waals surface area contributed by atoms with E-state index in [9.17, 15) is 17.6 Å². The third-order valence-corrected chi connectivity index (χ3v) is 3.05. The molecule has 0 atom stereocenters. The third kappa shape index (κ3) is 4.61. The molecule has 1 aliphatic rings. The minimum Gasteiger partial charge on any atom is -0.357 e. The van der Waals surface area contributed by atoms with Crippen molar-refractivity contribution in [3.05, 3.63) is 35.1 Å². The number of rotatable bonds is 4. The number of guanidine groups is 1. The molecule has 2 rings (SSSR count). The Labute approximate surface area is 120 Å². The minimum absolute atomic E-state index is 0.0445. The lowest BCUT2D eigenvalue weighted by atomic mass is 10.1. The largest absolute Gasteiger partial charge is 0.416 e. The van der Waals surface area contributed by atoms with E-state index < -0.39 is 17.6 Å². The number of nitrogens with one attached hydrogen (secondary N) is 2. The number of halogens is 4.